The zero-order valence-corrected chi connectivity index (χ0v) is 16.6. The number of benzene rings is 2. The summed E-state index contributed by atoms with van der Waals surface area (Å²) in [6.07, 6.45) is 3.83. The highest BCUT2D eigenvalue weighted by Crippen LogP contribution is 2.35. The van der Waals surface area contributed by atoms with Crippen LogP contribution in [0.1, 0.15) is 42.4 Å². The van der Waals surface area contributed by atoms with E-state index in [1.807, 2.05) is 24.3 Å². The first-order valence-electron chi connectivity index (χ1n) is 9.80. The summed E-state index contributed by atoms with van der Waals surface area (Å²) < 4.78 is 11.7. The van der Waals surface area contributed by atoms with E-state index in [2.05, 4.69) is 31.2 Å². The maximum absolute atomic E-state index is 10.7. The molecule has 0 fully saturated rings. The highest BCUT2D eigenvalue weighted by molar-refractivity contribution is 5.72. The Balaban J connectivity index is 1.73. The minimum absolute atomic E-state index is 0.144. The lowest BCUT2D eigenvalue weighted by atomic mass is 9.84. The van der Waals surface area contributed by atoms with Crippen LogP contribution in [0, 0.1) is 6.92 Å². The molecular weight excluding hydrogens is 352 g/mol. The molecule has 148 valence electrons. The molecule has 2 aromatic carbocycles. The van der Waals surface area contributed by atoms with Crippen molar-refractivity contribution in [2.24, 2.45) is 0 Å². The Hall–Kier alpha value is -2.59. The Labute approximate surface area is 166 Å². The first-order chi connectivity index (χ1) is 13.6. The van der Waals surface area contributed by atoms with E-state index in [1.54, 1.807) is 7.11 Å². The van der Waals surface area contributed by atoms with Gasteiger partial charge < -0.3 is 14.6 Å². The van der Waals surface area contributed by atoms with Crippen LogP contribution in [0.4, 0.5) is 0 Å². The normalized spacial score (nSPS) is 16.9. The van der Waals surface area contributed by atoms with E-state index in [9.17, 15) is 4.79 Å². The van der Waals surface area contributed by atoms with Crippen LogP contribution in [-0.4, -0.2) is 30.9 Å². The van der Waals surface area contributed by atoms with Gasteiger partial charge in [0.25, 0.3) is 0 Å². The SMILES string of the molecule is COC1CCC(c2ccccc2C)=C(COc2ccc(CCC(=O)O)cc2)C1. The number of methoxy groups -OCH3 is 1. The summed E-state index contributed by atoms with van der Waals surface area (Å²) in [6, 6.07) is 16.2. The van der Waals surface area contributed by atoms with Gasteiger partial charge in [0.05, 0.1) is 6.10 Å². The van der Waals surface area contributed by atoms with Crippen molar-refractivity contribution >= 4 is 11.5 Å². The standard InChI is InChI=1S/C24H28O4/c1-17-5-3-4-6-22(17)23-13-12-21(27-2)15-19(23)16-28-20-10-7-18(8-11-20)9-14-24(25)26/h3-8,10-11,21H,9,12-16H2,1-2H3,(H,25,26). The van der Waals surface area contributed by atoms with Gasteiger partial charge in [-0.25, -0.2) is 0 Å². The van der Waals surface area contributed by atoms with E-state index in [0.29, 0.717) is 13.0 Å². The third-order valence-electron chi connectivity index (χ3n) is 5.38. The summed E-state index contributed by atoms with van der Waals surface area (Å²) in [7, 11) is 1.78. The molecule has 0 saturated carbocycles. The number of carboxylic acids is 1. The van der Waals surface area contributed by atoms with Crippen molar-refractivity contribution in [3.05, 3.63) is 70.8 Å². The van der Waals surface area contributed by atoms with Crippen LogP contribution in [-0.2, 0) is 16.0 Å². The second kappa shape index (κ2) is 9.56. The van der Waals surface area contributed by atoms with Crippen LogP contribution in [0.2, 0.25) is 0 Å². The van der Waals surface area contributed by atoms with Crippen LogP contribution >= 0.6 is 0 Å². The zero-order chi connectivity index (χ0) is 19.9. The van der Waals surface area contributed by atoms with E-state index >= 15 is 0 Å². The molecule has 28 heavy (non-hydrogen) atoms. The van der Waals surface area contributed by atoms with Gasteiger partial charge in [-0.1, -0.05) is 36.4 Å². The Morgan fingerprint density at radius 3 is 2.57 bits per heavy atom. The molecule has 3 rings (SSSR count). The van der Waals surface area contributed by atoms with Crippen molar-refractivity contribution in [1.29, 1.82) is 0 Å². The van der Waals surface area contributed by atoms with Gasteiger partial charge in [-0.05, 0) is 72.6 Å². The van der Waals surface area contributed by atoms with Crippen LogP contribution < -0.4 is 4.74 Å². The fourth-order valence-electron chi connectivity index (χ4n) is 3.74. The Kier molecular flexibility index (Phi) is 6.88. The van der Waals surface area contributed by atoms with Crippen molar-refractivity contribution in [1.82, 2.24) is 0 Å². The summed E-state index contributed by atoms with van der Waals surface area (Å²) in [5.41, 5.74) is 6.27. The number of carboxylic acid groups (broad SMARTS) is 1. The van der Waals surface area contributed by atoms with Crippen LogP contribution in [0.5, 0.6) is 5.75 Å². The van der Waals surface area contributed by atoms with Crippen molar-refractivity contribution in [3.63, 3.8) is 0 Å². The lowest BCUT2D eigenvalue weighted by molar-refractivity contribution is -0.136. The number of carbonyl (C=O) groups is 1. The fraction of sp³-hybridized carbons (Fsp3) is 0.375. The molecule has 4 heteroatoms. The van der Waals surface area contributed by atoms with Gasteiger partial charge in [0.1, 0.15) is 12.4 Å². The molecule has 0 amide bonds. The Morgan fingerprint density at radius 1 is 1.14 bits per heavy atom. The summed E-state index contributed by atoms with van der Waals surface area (Å²) >= 11 is 0. The Morgan fingerprint density at radius 2 is 1.89 bits per heavy atom. The summed E-state index contributed by atoms with van der Waals surface area (Å²) in [4.78, 5) is 10.7. The molecule has 0 aliphatic heterocycles. The molecule has 0 radical (unpaired) electrons. The van der Waals surface area contributed by atoms with E-state index in [1.165, 1.54) is 22.3 Å². The van der Waals surface area contributed by atoms with Gasteiger partial charge in [0.2, 0.25) is 0 Å². The molecule has 0 spiro atoms. The summed E-state index contributed by atoms with van der Waals surface area (Å²) in [6.45, 7) is 2.69. The van der Waals surface area contributed by atoms with Gasteiger partial charge in [-0.2, -0.15) is 0 Å². The predicted molar refractivity (Wildman–Crippen MR) is 111 cm³/mol. The van der Waals surface area contributed by atoms with Gasteiger partial charge >= 0.3 is 5.97 Å². The average Bonchev–Trinajstić information content (AvgIpc) is 2.72. The molecule has 1 N–H and O–H groups in total. The minimum atomic E-state index is -0.777. The first-order valence-corrected chi connectivity index (χ1v) is 9.80. The number of ether oxygens (including phenoxy) is 2. The van der Waals surface area contributed by atoms with Gasteiger partial charge in [-0.3, -0.25) is 4.79 Å². The molecule has 0 aromatic heterocycles. The van der Waals surface area contributed by atoms with Gasteiger partial charge in [0.15, 0.2) is 0 Å². The van der Waals surface area contributed by atoms with Crippen LogP contribution in [0.3, 0.4) is 0 Å². The Bertz CT molecular complexity index is 836. The third kappa shape index (κ3) is 5.23. The van der Waals surface area contributed by atoms with E-state index in [4.69, 9.17) is 14.6 Å². The second-order valence-corrected chi connectivity index (χ2v) is 7.32. The molecule has 0 bridgehead atoms. The maximum atomic E-state index is 10.7. The number of hydrogen-bond acceptors (Lipinski definition) is 3. The smallest absolute Gasteiger partial charge is 0.303 e. The molecule has 1 aliphatic rings. The topological polar surface area (TPSA) is 55.8 Å². The largest absolute Gasteiger partial charge is 0.489 e. The number of hydrogen-bond donors (Lipinski definition) is 1. The van der Waals surface area contributed by atoms with Crippen LogP contribution in [0.15, 0.2) is 54.1 Å². The van der Waals surface area contributed by atoms with Crippen molar-refractivity contribution in [2.45, 2.75) is 45.1 Å². The molecule has 1 aliphatic carbocycles. The lowest BCUT2D eigenvalue weighted by Gasteiger charge is -2.27. The lowest BCUT2D eigenvalue weighted by Crippen LogP contribution is -2.20. The monoisotopic (exact) mass is 380 g/mol. The first kappa shape index (κ1) is 20.2. The van der Waals surface area contributed by atoms with Gasteiger partial charge in [0, 0.05) is 13.5 Å². The fourth-order valence-corrected chi connectivity index (χ4v) is 3.74. The molecule has 0 heterocycles. The van der Waals surface area contributed by atoms with Gasteiger partial charge in [-0.15, -0.1) is 0 Å². The predicted octanol–water partition coefficient (Wildman–Crippen LogP) is 5.04. The zero-order valence-electron chi connectivity index (χ0n) is 16.6. The molecule has 2 aromatic rings. The second-order valence-electron chi connectivity index (χ2n) is 7.32. The highest BCUT2D eigenvalue weighted by atomic mass is 16.5. The maximum Gasteiger partial charge on any atom is 0.303 e. The van der Waals surface area contributed by atoms with E-state index < -0.39 is 5.97 Å². The number of aliphatic carboxylic acids is 1. The quantitative estimate of drug-likeness (QED) is 0.697. The molecule has 4 nitrogen and oxygen atoms in total. The number of aryl methyl sites for hydroxylation is 2. The number of rotatable bonds is 8. The molecular formula is C24H28O4. The van der Waals surface area contributed by atoms with Crippen molar-refractivity contribution in [2.75, 3.05) is 13.7 Å². The average molecular weight is 380 g/mol. The minimum Gasteiger partial charge on any atom is -0.489 e. The van der Waals surface area contributed by atoms with Crippen LogP contribution in [0.25, 0.3) is 5.57 Å². The summed E-state index contributed by atoms with van der Waals surface area (Å²) in [5.74, 6) is 0.0243. The van der Waals surface area contributed by atoms with E-state index in [-0.39, 0.29) is 12.5 Å². The molecule has 1 unspecified atom stereocenters. The molecule has 0 saturated heterocycles. The van der Waals surface area contributed by atoms with E-state index in [0.717, 1.165) is 30.6 Å². The highest BCUT2D eigenvalue weighted by Gasteiger charge is 2.23. The number of allylic oxidation sites excluding steroid dienone is 1. The summed E-state index contributed by atoms with van der Waals surface area (Å²) in [5, 5.41) is 8.80. The molecule has 1 atom stereocenters. The van der Waals surface area contributed by atoms with Crippen molar-refractivity contribution < 1.29 is 19.4 Å². The van der Waals surface area contributed by atoms with Crippen molar-refractivity contribution in [3.8, 4) is 5.75 Å². The third-order valence-corrected chi connectivity index (χ3v) is 5.38.